The maximum atomic E-state index is 11.5. The van der Waals surface area contributed by atoms with Crippen LogP contribution < -0.4 is 10.6 Å². The fourth-order valence-electron chi connectivity index (χ4n) is 1.39. The normalized spacial score (nSPS) is 14.2. The van der Waals surface area contributed by atoms with Gasteiger partial charge in [-0.3, -0.25) is 9.59 Å². The first-order valence-corrected chi connectivity index (χ1v) is 5.86. The van der Waals surface area contributed by atoms with Crippen molar-refractivity contribution >= 4 is 29.1 Å². The minimum Gasteiger partial charge on any atom is -0.353 e. The number of carbonyl (C=O) groups is 2. The smallest absolute Gasteiger partial charge is 0.233 e. The average Bonchev–Trinajstić information content (AvgIpc) is 3.05. The third-order valence-electron chi connectivity index (χ3n) is 2.39. The van der Waals surface area contributed by atoms with Gasteiger partial charge in [0.15, 0.2) is 0 Å². The van der Waals surface area contributed by atoms with Crippen molar-refractivity contribution in [3.8, 4) is 0 Å². The van der Waals surface area contributed by atoms with Gasteiger partial charge in [-0.25, -0.2) is 0 Å². The molecule has 2 N–H and O–H groups in total. The van der Waals surface area contributed by atoms with Gasteiger partial charge in [-0.1, -0.05) is 11.6 Å². The second-order valence-electron chi connectivity index (χ2n) is 4.07. The summed E-state index contributed by atoms with van der Waals surface area (Å²) in [5.41, 5.74) is 0.638. The first-order valence-electron chi connectivity index (χ1n) is 5.48. The van der Waals surface area contributed by atoms with Crippen molar-refractivity contribution < 1.29 is 9.59 Å². The molecule has 1 aromatic carbocycles. The molecule has 1 saturated carbocycles. The molecule has 90 valence electrons. The number of amides is 2. The molecule has 0 aromatic heterocycles. The average molecular weight is 253 g/mol. The molecule has 0 unspecified atom stereocenters. The summed E-state index contributed by atoms with van der Waals surface area (Å²) in [5.74, 6) is -0.538. The van der Waals surface area contributed by atoms with Crippen molar-refractivity contribution in [2.24, 2.45) is 0 Å². The molecule has 0 saturated heterocycles. The van der Waals surface area contributed by atoms with Crippen LogP contribution in [0.1, 0.15) is 19.3 Å². The van der Waals surface area contributed by atoms with Crippen LogP contribution in [-0.2, 0) is 9.59 Å². The largest absolute Gasteiger partial charge is 0.353 e. The molecule has 1 aliphatic rings. The molecule has 1 aromatic rings. The van der Waals surface area contributed by atoms with E-state index >= 15 is 0 Å². The lowest BCUT2D eigenvalue weighted by atomic mass is 10.3. The van der Waals surface area contributed by atoms with Gasteiger partial charge in [-0.15, -0.1) is 0 Å². The summed E-state index contributed by atoms with van der Waals surface area (Å²) in [5, 5.41) is 6.00. The molecule has 1 aliphatic carbocycles. The third kappa shape index (κ3) is 4.07. The Hall–Kier alpha value is -1.55. The number of halogens is 1. The van der Waals surface area contributed by atoms with E-state index in [0.717, 1.165) is 12.8 Å². The van der Waals surface area contributed by atoms with Crippen molar-refractivity contribution in [3.63, 3.8) is 0 Å². The van der Waals surface area contributed by atoms with Crippen molar-refractivity contribution in [2.75, 3.05) is 5.32 Å². The number of hydrogen-bond acceptors (Lipinski definition) is 2. The highest BCUT2D eigenvalue weighted by Crippen LogP contribution is 2.18. The molecule has 2 rings (SSSR count). The molecule has 2 amide bonds. The second-order valence-corrected chi connectivity index (χ2v) is 4.51. The first-order chi connectivity index (χ1) is 8.13. The molecule has 17 heavy (non-hydrogen) atoms. The van der Waals surface area contributed by atoms with E-state index in [0.29, 0.717) is 10.7 Å². The Labute approximate surface area is 104 Å². The van der Waals surface area contributed by atoms with E-state index in [2.05, 4.69) is 10.6 Å². The van der Waals surface area contributed by atoms with Gasteiger partial charge < -0.3 is 10.6 Å². The monoisotopic (exact) mass is 252 g/mol. The zero-order valence-electron chi connectivity index (χ0n) is 9.20. The maximum Gasteiger partial charge on any atom is 0.233 e. The molecule has 0 spiro atoms. The van der Waals surface area contributed by atoms with Gasteiger partial charge in [0, 0.05) is 16.8 Å². The summed E-state index contributed by atoms with van der Waals surface area (Å²) in [6.07, 6.45) is 1.90. The molecule has 0 heterocycles. The second kappa shape index (κ2) is 5.19. The van der Waals surface area contributed by atoms with Crippen molar-refractivity contribution in [1.29, 1.82) is 0 Å². The molecular weight excluding hydrogens is 240 g/mol. The van der Waals surface area contributed by atoms with Crippen molar-refractivity contribution in [2.45, 2.75) is 25.3 Å². The summed E-state index contributed by atoms with van der Waals surface area (Å²) < 4.78 is 0. The predicted octanol–water partition coefficient (Wildman–Crippen LogP) is 1.95. The summed E-state index contributed by atoms with van der Waals surface area (Å²) >= 11 is 5.72. The number of anilines is 1. The lowest BCUT2D eigenvalue weighted by Gasteiger charge is -2.05. The van der Waals surface area contributed by atoms with E-state index < -0.39 is 0 Å². The van der Waals surface area contributed by atoms with E-state index in [4.69, 9.17) is 11.6 Å². The van der Waals surface area contributed by atoms with Crippen LogP contribution in [0.15, 0.2) is 24.3 Å². The van der Waals surface area contributed by atoms with E-state index in [-0.39, 0.29) is 24.3 Å². The third-order valence-corrected chi connectivity index (χ3v) is 2.64. The van der Waals surface area contributed by atoms with Gasteiger partial charge in [0.1, 0.15) is 6.42 Å². The molecule has 0 bridgehead atoms. The number of carbonyl (C=O) groups excluding carboxylic acids is 2. The topological polar surface area (TPSA) is 58.2 Å². The van der Waals surface area contributed by atoms with Crippen LogP contribution in [0.5, 0.6) is 0 Å². The lowest BCUT2D eigenvalue weighted by Crippen LogP contribution is -2.29. The molecule has 0 radical (unpaired) electrons. The Morgan fingerprint density at radius 1 is 1.18 bits per heavy atom. The highest BCUT2D eigenvalue weighted by molar-refractivity contribution is 6.30. The minimum atomic E-state index is -0.314. The van der Waals surface area contributed by atoms with Gasteiger partial charge in [0.05, 0.1) is 0 Å². The van der Waals surface area contributed by atoms with Crippen LogP contribution in [0.4, 0.5) is 5.69 Å². The summed E-state index contributed by atoms with van der Waals surface area (Å²) in [7, 11) is 0. The highest BCUT2D eigenvalue weighted by Gasteiger charge is 2.23. The lowest BCUT2D eigenvalue weighted by molar-refractivity contribution is -0.126. The summed E-state index contributed by atoms with van der Waals surface area (Å²) in [6, 6.07) is 7.03. The number of rotatable bonds is 4. The Balaban J connectivity index is 1.79. The standard InChI is InChI=1S/C12H13ClN2O2/c13-8-1-3-9(4-2-8)14-11(16)7-12(17)15-10-5-6-10/h1-4,10H,5-7H2,(H,14,16)(H,15,17). The molecule has 4 nitrogen and oxygen atoms in total. The van der Waals surface area contributed by atoms with Gasteiger partial charge >= 0.3 is 0 Å². The number of hydrogen-bond donors (Lipinski definition) is 2. The molecule has 0 atom stereocenters. The fourth-order valence-corrected chi connectivity index (χ4v) is 1.52. The minimum absolute atomic E-state index is 0.140. The SMILES string of the molecule is O=C(CC(=O)NC1CC1)Nc1ccc(Cl)cc1. The molecule has 1 fully saturated rings. The Morgan fingerprint density at radius 3 is 2.41 bits per heavy atom. The van der Waals surface area contributed by atoms with Crippen LogP contribution in [0.3, 0.4) is 0 Å². The number of nitrogens with one attached hydrogen (secondary N) is 2. The van der Waals surface area contributed by atoms with Crippen molar-refractivity contribution in [1.82, 2.24) is 5.32 Å². The van der Waals surface area contributed by atoms with E-state index in [9.17, 15) is 9.59 Å². The zero-order chi connectivity index (χ0) is 12.3. The molecule has 0 aliphatic heterocycles. The van der Waals surface area contributed by atoms with Crippen LogP contribution in [0.2, 0.25) is 5.02 Å². The van der Waals surface area contributed by atoms with E-state index in [1.165, 1.54) is 0 Å². The highest BCUT2D eigenvalue weighted by atomic mass is 35.5. The fraction of sp³-hybridized carbons (Fsp3) is 0.333. The Kier molecular flexibility index (Phi) is 3.64. The maximum absolute atomic E-state index is 11.5. The van der Waals surface area contributed by atoms with Crippen LogP contribution in [-0.4, -0.2) is 17.9 Å². The zero-order valence-corrected chi connectivity index (χ0v) is 9.96. The Morgan fingerprint density at radius 2 is 1.82 bits per heavy atom. The van der Waals surface area contributed by atoms with E-state index in [1.807, 2.05) is 0 Å². The van der Waals surface area contributed by atoms with Crippen LogP contribution in [0.25, 0.3) is 0 Å². The summed E-state index contributed by atoms with van der Waals surface area (Å²) in [4.78, 5) is 22.9. The van der Waals surface area contributed by atoms with Crippen LogP contribution >= 0.6 is 11.6 Å². The summed E-state index contributed by atoms with van der Waals surface area (Å²) in [6.45, 7) is 0. The number of benzene rings is 1. The first kappa shape index (κ1) is 11.9. The van der Waals surface area contributed by atoms with Crippen molar-refractivity contribution in [3.05, 3.63) is 29.3 Å². The Bertz CT molecular complexity index is 427. The van der Waals surface area contributed by atoms with Gasteiger partial charge in [0.2, 0.25) is 11.8 Å². The predicted molar refractivity (Wildman–Crippen MR) is 65.9 cm³/mol. The quantitative estimate of drug-likeness (QED) is 0.805. The van der Waals surface area contributed by atoms with Gasteiger partial charge in [0.25, 0.3) is 0 Å². The van der Waals surface area contributed by atoms with Gasteiger partial charge in [-0.2, -0.15) is 0 Å². The molecule has 5 heteroatoms. The molecular formula is C12H13ClN2O2. The van der Waals surface area contributed by atoms with E-state index in [1.54, 1.807) is 24.3 Å². The van der Waals surface area contributed by atoms with Gasteiger partial charge in [-0.05, 0) is 37.1 Å². The van der Waals surface area contributed by atoms with Crippen LogP contribution in [0, 0.1) is 0 Å².